The van der Waals surface area contributed by atoms with Gasteiger partial charge in [-0.3, -0.25) is 9.08 Å². The molecule has 0 amide bonds. The van der Waals surface area contributed by atoms with Crippen molar-refractivity contribution in [3.05, 3.63) is 0 Å². The number of Topliss-reactive ketones (excluding diaryl/α,β-unsaturated/α-hetero) is 1. The van der Waals surface area contributed by atoms with Crippen molar-refractivity contribution in [2.24, 2.45) is 5.16 Å². The fourth-order valence-corrected chi connectivity index (χ4v) is 2.83. The zero-order valence-corrected chi connectivity index (χ0v) is 10.4. The van der Waals surface area contributed by atoms with Crippen LogP contribution in [-0.4, -0.2) is 25.2 Å². The third-order valence-electron chi connectivity index (χ3n) is 2.75. The van der Waals surface area contributed by atoms with E-state index in [-0.39, 0.29) is 11.5 Å². The van der Waals surface area contributed by atoms with Crippen LogP contribution in [0.4, 0.5) is 0 Å². The monoisotopic (exact) mass is 247 g/mol. The molecule has 0 aromatic heterocycles. The van der Waals surface area contributed by atoms with Crippen molar-refractivity contribution in [2.75, 3.05) is 0 Å². The molecule has 1 aliphatic rings. The first-order valence-corrected chi connectivity index (χ1v) is 6.88. The molecule has 0 N–H and O–H groups in total. The molecule has 0 bridgehead atoms. The fraction of sp³-hybridized carbons (Fsp3) is 0.800. The van der Waals surface area contributed by atoms with Gasteiger partial charge in [0, 0.05) is 6.92 Å². The van der Waals surface area contributed by atoms with E-state index in [0.717, 1.165) is 19.3 Å². The highest BCUT2D eigenvalue weighted by Crippen LogP contribution is 2.24. The number of hydrogen-bond acceptors (Lipinski definition) is 5. The predicted molar refractivity (Wildman–Crippen MR) is 60.7 cm³/mol. The van der Waals surface area contributed by atoms with Crippen molar-refractivity contribution in [1.82, 2.24) is 0 Å². The number of carbonyl (C=O) groups excluding carboxylic acids is 1. The largest absolute Gasteiger partial charge is 0.331 e. The van der Waals surface area contributed by atoms with Crippen LogP contribution < -0.4 is 0 Å². The minimum absolute atomic E-state index is 0.0689. The highest BCUT2D eigenvalue weighted by molar-refractivity contribution is 7.87. The third-order valence-corrected chi connectivity index (χ3v) is 4.32. The third kappa shape index (κ3) is 3.59. The molecule has 0 aromatic carbocycles. The van der Waals surface area contributed by atoms with Crippen molar-refractivity contribution in [1.29, 1.82) is 0 Å². The summed E-state index contributed by atoms with van der Waals surface area (Å²) < 4.78 is 27.9. The van der Waals surface area contributed by atoms with Crippen LogP contribution in [-0.2, 0) is 19.2 Å². The smallest absolute Gasteiger partial charge is 0.293 e. The Bertz CT molecular complexity index is 380. The van der Waals surface area contributed by atoms with E-state index in [1.54, 1.807) is 0 Å². The standard InChI is InChI=1S/C10H17NO4S/c1-8(9(2)12)11-15-16(13,14)10-6-4-3-5-7-10/h10H,3-7H2,1-2H3. The maximum atomic E-state index is 11.7. The number of carbonyl (C=O) groups is 1. The molecule has 0 spiro atoms. The first-order valence-electron chi connectivity index (χ1n) is 5.41. The number of nitrogens with zero attached hydrogens (tertiary/aromatic N) is 1. The lowest BCUT2D eigenvalue weighted by Gasteiger charge is -2.19. The van der Waals surface area contributed by atoms with E-state index in [4.69, 9.17) is 0 Å². The summed E-state index contributed by atoms with van der Waals surface area (Å²) in [5.41, 5.74) is 0.0689. The summed E-state index contributed by atoms with van der Waals surface area (Å²) in [7, 11) is -3.65. The Morgan fingerprint density at radius 1 is 1.19 bits per heavy atom. The second-order valence-electron chi connectivity index (χ2n) is 4.06. The van der Waals surface area contributed by atoms with Crippen LogP contribution in [0, 0.1) is 0 Å². The topological polar surface area (TPSA) is 72.8 Å². The van der Waals surface area contributed by atoms with Gasteiger partial charge in [0.15, 0.2) is 5.78 Å². The predicted octanol–water partition coefficient (Wildman–Crippen LogP) is 1.63. The van der Waals surface area contributed by atoms with Crippen molar-refractivity contribution in [3.8, 4) is 0 Å². The average molecular weight is 247 g/mol. The Morgan fingerprint density at radius 2 is 1.75 bits per heavy atom. The van der Waals surface area contributed by atoms with Crippen molar-refractivity contribution in [3.63, 3.8) is 0 Å². The Labute approximate surface area is 96.0 Å². The molecule has 0 atom stereocenters. The molecule has 0 heterocycles. The summed E-state index contributed by atoms with van der Waals surface area (Å²) in [6, 6.07) is 0. The molecule has 0 aliphatic heterocycles. The lowest BCUT2D eigenvalue weighted by Crippen LogP contribution is -2.25. The number of ketones is 1. The summed E-state index contributed by atoms with van der Waals surface area (Å²) in [6.45, 7) is 2.74. The fourth-order valence-electron chi connectivity index (χ4n) is 1.59. The summed E-state index contributed by atoms with van der Waals surface area (Å²) in [5.74, 6) is -0.293. The van der Waals surface area contributed by atoms with Gasteiger partial charge in [0.1, 0.15) is 5.71 Å². The van der Waals surface area contributed by atoms with Crippen molar-refractivity contribution in [2.45, 2.75) is 51.2 Å². The molecule has 1 aliphatic carbocycles. The first kappa shape index (κ1) is 13.2. The zero-order valence-electron chi connectivity index (χ0n) is 9.60. The molecular weight excluding hydrogens is 230 g/mol. The van der Waals surface area contributed by atoms with Gasteiger partial charge >= 0.3 is 10.1 Å². The molecule has 6 heteroatoms. The molecule has 0 unspecified atom stereocenters. The molecule has 0 saturated heterocycles. The molecule has 16 heavy (non-hydrogen) atoms. The van der Waals surface area contributed by atoms with Crippen LogP contribution in [0.1, 0.15) is 46.0 Å². The summed E-state index contributed by atoms with van der Waals surface area (Å²) >= 11 is 0. The molecule has 1 rings (SSSR count). The highest BCUT2D eigenvalue weighted by Gasteiger charge is 2.29. The van der Waals surface area contributed by atoms with Gasteiger partial charge in [-0.2, -0.15) is 8.42 Å². The summed E-state index contributed by atoms with van der Waals surface area (Å²) in [4.78, 5) is 10.8. The second-order valence-corrected chi connectivity index (χ2v) is 5.86. The minimum Gasteiger partial charge on any atom is -0.293 e. The van der Waals surface area contributed by atoms with Crippen LogP contribution in [0.25, 0.3) is 0 Å². The van der Waals surface area contributed by atoms with Gasteiger partial charge in [0.2, 0.25) is 0 Å². The minimum atomic E-state index is -3.65. The molecule has 92 valence electrons. The SMILES string of the molecule is CC(=O)C(C)=NOS(=O)(=O)C1CCCCC1. The van der Waals surface area contributed by atoms with Gasteiger partial charge in [0.25, 0.3) is 0 Å². The van der Waals surface area contributed by atoms with E-state index >= 15 is 0 Å². The number of rotatable bonds is 4. The molecular formula is C10H17NO4S. The lowest BCUT2D eigenvalue weighted by molar-refractivity contribution is -0.111. The van der Waals surface area contributed by atoms with Crippen LogP contribution >= 0.6 is 0 Å². The van der Waals surface area contributed by atoms with Crippen molar-refractivity contribution < 1.29 is 17.5 Å². The van der Waals surface area contributed by atoms with E-state index in [2.05, 4.69) is 9.44 Å². The van der Waals surface area contributed by atoms with Crippen LogP contribution in [0.5, 0.6) is 0 Å². The maximum Gasteiger partial charge on any atom is 0.331 e. The molecule has 1 saturated carbocycles. The van der Waals surface area contributed by atoms with Gasteiger partial charge < -0.3 is 0 Å². The van der Waals surface area contributed by atoms with E-state index in [0.29, 0.717) is 12.8 Å². The normalized spacial score (nSPS) is 19.5. The van der Waals surface area contributed by atoms with Gasteiger partial charge in [0.05, 0.1) is 5.25 Å². The zero-order chi connectivity index (χ0) is 12.2. The highest BCUT2D eigenvalue weighted by atomic mass is 32.2. The molecule has 0 aromatic rings. The van der Waals surface area contributed by atoms with Gasteiger partial charge in [-0.25, -0.2) is 0 Å². The number of hydrogen-bond donors (Lipinski definition) is 0. The van der Waals surface area contributed by atoms with Gasteiger partial charge in [-0.1, -0.05) is 24.4 Å². The quantitative estimate of drug-likeness (QED) is 0.559. The Kier molecular flexibility index (Phi) is 4.46. The molecule has 1 fully saturated rings. The van der Waals surface area contributed by atoms with E-state index in [9.17, 15) is 13.2 Å². The van der Waals surface area contributed by atoms with Gasteiger partial charge in [-0.05, 0) is 19.8 Å². The summed E-state index contributed by atoms with van der Waals surface area (Å²) in [6.07, 6.45) is 4.13. The Morgan fingerprint density at radius 3 is 2.25 bits per heavy atom. The maximum absolute atomic E-state index is 11.7. The van der Waals surface area contributed by atoms with E-state index in [1.807, 2.05) is 0 Å². The van der Waals surface area contributed by atoms with Crippen LogP contribution in [0.2, 0.25) is 0 Å². The average Bonchev–Trinajstić information content (AvgIpc) is 2.27. The first-order chi connectivity index (χ1) is 7.43. The van der Waals surface area contributed by atoms with Crippen LogP contribution in [0.15, 0.2) is 5.16 Å². The number of oxime groups is 1. The van der Waals surface area contributed by atoms with Gasteiger partial charge in [-0.15, -0.1) is 0 Å². The second kappa shape index (κ2) is 5.43. The Hall–Kier alpha value is -0.910. The van der Waals surface area contributed by atoms with Crippen molar-refractivity contribution >= 4 is 21.6 Å². The van der Waals surface area contributed by atoms with E-state index < -0.39 is 15.4 Å². The molecule has 0 radical (unpaired) electrons. The molecule has 5 nitrogen and oxygen atoms in total. The summed E-state index contributed by atoms with van der Waals surface area (Å²) in [5, 5.41) is 2.88. The van der Waals surface area contributed by atoms with E-state index in [1.165, 1.54) is 13.8 Å². The lowest BCUT2D eigenvalue weighted by atomic mass is 10.0. The Balaban J connectivity index is 2.64. The van der Waals surface area contributed by atoms with Crippen LogP contribution in [0.3, 0.4) is 0 Å².